The van der Waals surface area contributed by atoms with Crippen molar-refractivity contribution in [3.8, 4) is 0 Å². The summed E-state index contributed by atoms with van der Waals surface area (Å²) in [6, 6.07) is 0. The molecule has 0 aromatic rings. The predicted octanol–water partition coefficient (Wildman–Crippen LogP) is 0.662. The smallest absolute Gasteiger partial charge is 0.305 e. The summed E-state index contributed by atoms with van der Waals surface area (Å²) < 4.78 is 9.92. The maximum atomic E-state index is 10.9. The maximum absolute atomic E-state index is 10.9. The maximum Gasteiger partial charge on any atom is 0.305 e. The Morgan fingerprint density at radius 3 is 3.07 bits per heavy atom. The summed E-state index contributed by atoms with van der Waals surface area (Å²) in [6.45, 7) is 4.73. The zero-order chi connectivity index (χ0) is 10.2. The van der Waals surface area contributed by atoms with Gasteiger partial charge in [0.25, 0.3) is 0 Å². The van der Waals surface area contributed by atoms with E-state index in [0.29, 0.717) is 6.42 Å². The molecule has 0 bridgehead atoms. The Balaban J connectivity index is 2.07. The highest BCUT2D eigenvalue weighted by atomic mass is 16.5. The van der Waals surface area contributed by atoms with Gasteiger partial charge in [-0.25, -0.2) is 0 Å². The van der Waals surface area contributed by atoms with Crippen molar-refractivity contribution in [3.63, 3.8) is 0 Å². The van der Waals surface area contributed by atoms with E-state index in [9.17, 15) is 4.79 Å². The number of carbonyl (C=O) groups is 1. The molecule has 0 unspecified atom stereocenters. The highest BCUT2D eigenvalue weighted by Gasteiger charge is 2.09. The number of ether oxygens (including phenoxy) is 2. The third-order valence-corrected chi connectivity index (χ3v) is 2.40. The van der Waals surface area contributed by atoms with Crippen LogP contribution in [0.15, 0.2) is 0 Å². The predicted molar refractivity (Wildman–Crippen MR) is 53.1 cm³/mol. The first-order chi connectivity index (χ1) is 6.83. The van der Waals surface area contributed by atoms with Crippen molar-refractivity contribution < 1.29 is 14.3 Å². The minimum atomic E-state index is -0.115. The third kappa shape index (κ3) is 4.58. The summed E-state index contributed by atoms with van der Waals surface area (Å²) in [5.74, 6) is -0.115. The average Bonchev–Trinajstić information content (AvgIpc) is 2.46. The Morgan fingerprint density at radius 1 is 1.43 bits per heavy atom. The minimum Gasteiger partial charge on any atom is -0.469 e. The number of carbonyl (C=O) groups excluding carboxylic acids is 1. The monoisotopic (exact) mass is 201 g/mol. The minimum absolute atomic E-state index is 0.115. The summed E-state index contributed by atoms with van der Waals surface area (Å²) in [5, 5.41) is 0. The molecule has 0 amide bonds. The molecule has 1 heterocycles. The molecule has 1 aliphatic heterocycles. The van der Waals surface area contributed by atoms with Gasteiger partial charge < -0.3 is 14.4 Å². The molecule has 1 saturated heterocycles. The third-order valence-electron chi connectivity index (χ3n) is 2.40. The molecule has 0 spiro atoms. The van der Waals surface area contributed by atoms with Gasteiger partial charge in [0.2, 0.25) is 0 Å². The summed E-state index contributed by atoms with van der Waals surface area (Å²) >= 11 is 0. The lowest BCUT2D eigenvalue weighted by Gasteiger charge is -2.18. The Hall–Kier alpha value is -0.610. The van der Waals surface area contributed by atoms with Crippen molar-refractivity contribution in [2.45, 2.75) is 19.3 Å². The summed E-state index contributed by atoms with van der Waals surface area (Å²) in [5.41, 5.74) is 0. The van der Waals surface area contributed by atoms with Crippen LogP contribution in [-0.4, -0.2) is 50.8 Å². The second kappa shape index (κ2) is 6.79. The van der Waals surface area contributed by atoms with Gasteiger partial charge in [0.1, 0.15) is 0 Å². The highest BCUT2D eigenvalue weighted by molar-refractivity contribution is 5.69. The standard InChI is InChI=1S/C10H19NO3/c1-13-10(12)4-2-5-11-6-3-8-14-9-7-11/h2-9H2,1H3. The fraction of sp³-hybridized carbons (Fsp3) is 0.900. The lowest BCUT2D eigenvalue weighted by Crippen LogP contribution is -2.27. The van der Waals surface area contributed by atoms with Gasteiger partial charge in [-0.1, -0.05) is 0 Å². The molecule has 82 valence electrons. The van der Waals surface area contributed by atoms with E-state index in [2.05, 4.69) is 9.64 Å². The highest BCUT2D eigenvalue weighted by Crippen LogP contribution is 2.02. The van der Waals surface area contributed by atoms with E-state index in [0.717, 1.165) is 45.7 Å². The molecular weight excluding hydrogens is 182 g/mol. The van der Waals surface area contributed by atoms with Crippen molar-refractivity contribution in [1.29, 1.82) is 0 Å². The van der Waals surface area contributed by atoms with Gasteiger partial charge in [-0.2, -0.15) is 0 Å². The first kappa shape index (κ1) is 11.5. The molecule has 0 atom stereocenters. The normalized spacial score (nSPS) is 18.9. The van der Waals surface area contributed by atoms with Crippen LogP contribution < -0.4 is 0 Å². The summed E-state index contributed by atoms with van der Waals surface area (Å²) in [7, 11) is 1.43. The fourth-order valence-corrected chi connectivity index (χ4v) is 1.57. The van der Waals surface area contributed by atoms with E-state index < -0.39 is 0 Å². The lowest BCUT2D eigenvalue weighted by atomic mass is 10.3. The first-order valence-corrected chi connectivity index (χ1v) is 5.20. The molecule has 0 saturated carbocycles. The molecule has 1 fully saturated rings. The van der Waals surface area contributed by atoms with E-state index in [1.165, 1.54) is 7.11 Å². The van der Waals surface area contributed by atoms with Crippen LogP contribution in [0.4, 0.5) is 0 Å². The summed E-state index contributed by atoms with van der Waals surface area (Å²) in [6.07, 6.45) is 2.50. The van der Waals surface area contributed by atoms with Crippen LogP contribution in [0.25, 0.3) is 0 Å². The molecule has 0 radical (unpaired) electrons. The molecule has 0 aromatic carbocycles. The van der Waals surface area contributed by atoms with Crippen LogP contribution in [-0.2, 0) is 14.3 Å². The molecule has 4 nitrogen and oxygen atoms in total. The van der Waals surface area contributed by atoms with Crippen molar-refractivity contribution >= 4 is 5.97 Å². The van der Waals surface area contributed by atoms with E-state index >= 15 is 0 Å². The Labute approximate surface area is 85.2 Å². The van der Waals surface area contributed by atoms with Crippen LogP contribution in [0.5, 0.6) is 0 Å². The molecule has 14 heavy (non-hydrogen) atoms. The van der Waals surface area contributed by atoms with Gasteiger partial charge in [0.05, 0.1) is 13.7 Å². The van der Waals surface area contributed by atoms with E-state index in [4.69, 9.17) is 4.74 Å². The number of esters is 1. The van der Waals surface area contributed by atoms with Gasteiger partial charge in [0, 0.05) is 26.1 Å². The number of hydrogen-bond donors (Lipinski definition) is 0. The molecule has 0 aliphatic carbocycles. The van der Waals surface area contributed by atoms with Gasteiger partial charge in [-0.3, -0.25) is 4.79 Å². The zero-order valence-corrected chi connectivity index (χ0v) is 8.83. The number of rotatable bonds is 4. The largest absolute Gasteiger partial charge is 0.469 e. The number of methoxy groups -OCH3 is 1. The van der Waals surface area contributed by atoms with Crippen molar-refractivity contribution in [2.24, 2.45) is 0 Å². The molecule has 0 N–H and O–H groups in total. The van der Waals surface area contributed by atoms with Crippen molar-refractivity contribution in [1.82, 2.24) is 4.90 Å². The Bertz CT molecular complexity index is 165. The van der Waals surface area contributed by atoms with Crippen LogP contribution in [0.1, 0.15) is 19.3 Å². The zero-order valence-electron chi connectivity index (χ0n) is 8.83. The molecular formula is C10H19NO3. The second-order valence-corrected chi connectivity index (χ2v) is 3.49. The van der Waals surface area contributed by atoms with Crippen molar-refractivity contribution in [2.75, 3.05) is 40.0 Å². The molecule has 0 aromatic heterocycles. The molecule has 1 aliphatic rings. The molecule has 1 rings (SSSR count). The Morgan fingerprint density at radius 2 is 2.29 bits per heavy atom. The van der Waals surface area contributed by atoms with Crippen LogP contribution in [0.3, 0.4) is 0 Å². The van der Waals surface area contributed by atoms with Crippen molar-refractivity contribution in [3.05, 3.63) is 0 Å². The Kier molecular flexibility index (Phi) is 5.56. The lowest BCUT2D eigenvalue weighted by molar-refractivity contribution is -0.140. The first-order valence-electron chi connectivity index (χ1n) is 5.20. The number of hydrogen-bond acceptors (Lipinski definition) is 4. The van der Waals surface area contributed by atoms with E-state index in [1.54, 1.807) is 0 Å². The topological polar surface area (TPSA) is 38.8 Å². The fourth-order valence-electron chi connectivity index (χ4n) is 1.57. The number of nitrogens with zero attached hydrogens (tertiary/aromatic N) is 1. The van der Waals surface area contributed by atoms with Gasteiger partial charge in [-0.15, -0.1) is 0 Å². The second-order valence-electron chi connectivity index (χ2n) is 3.49. The van der Waals surface area contributed by atoms with Gasteiger partial charge in [-0.05, 0) is 19.4 Å². The molecule has 4 heteroatoms. The quantitative estimate of drug-likeness (QED) is 0.626. The SMILES string of the molecule is COC(=O)CCCN1CCCOCC1. The van der Waals surface area contributed by atoms with Gasteiger partial charge in [0.15, 0.2) is 0 Å². The van der Waals surface area contributed by atoms with Crippen LogP contribution >= 0.6 is 0 Å². The van der Waals surface area contributed by atoms with Crippen LogP contribution in [0.2, 0.25) is 0 Å². The van der Waals surface area contributed by atoms with E-state index in [-0.39, 0.29) is 5.97 Å². The van der Waals surface area contributed by atoms with E-state index in [1.807, 2.05) is 0 Å². The average molecular weight is 201 g/mol. The van der Waals surface area contributed by atoms with Gasteiger partial charge >= 0.3 is 5.97 Å². The van der Waals surface area contributed by atoms with Crippen LogP contribution in [0, 0.1) is 0 Å². The summed E-state index contributed by atoms with van der Waals surface area (Å²) in [4.78, 5) is 13.2.